The van der Waals surface area contributed by atoms with E-state index in [9.17, 15) is 0 Å². The predicted octanol–water partition coefficient (Wildman–Crippen LogP) is 2.57. The molecule has 0 aromatic rings. The molecule has 2 nitrogen and oxygen atoms in total. The highest BCUT2D eigenvalue weighted by atomic mass is 35.5. The lowest BCUT2D eigenvalue weighted by Gasteiger charge is -2.31. The molecule has 0 amide bonds. The molecule has 3 heteroatoms. The summed E-state index contributed by atoms with van der Waals surface area (Å²) < 4.78 is 0. The lowest BCUT2D eigenvalue weighted by Crippen LogP contribution is -2.41. The van der Waals surface area contributed by atoms with E-state index in [0.717, 1.165) is 25.4 Å². The van der Waals surface area contributed by atoms with Crippen LogP contribution in [0.1, 0.15) is 33.6 Å². The normalized spacial score (nSPS) is 14.6. The molecule has 0 spiro atoms. The van der Waals surface area contributed by atoms with Crippen molar-refractivity contribution in [3.63, 3.8) is 0 Å². The van der Waals surface area contributed by atoms with Crippen molar-refractivity contribution in [2.45, 2.75) is 39.7 Å². The van der Waals surface area contributed by atoms with E-state index in [0.29, 0.717) is 11.5 Å². The minimum atomic E-state index is 0.299. The molecule has 0 bridgehead atoms. The summed E-state index contributed by atoms with van der Waals surface area (Å²) in [6, 6.07) is 0.525. The number of hydrogen-bond donors (Lipinski definition) is 1. The monoisotopic (exact) mass is 234 g/mol. The van der Waals surface area contributed by atoms with Gasteiger partial charge in [0.15, 0.2) is 0 Å². The molecule has 0 radical (unpaired) electrons. The number of nitrogens with zero attached hydrogens (tertiary/aromatic N) is 1. The van der Waals surface area contributed by atoms with Gasteiger partial charge in [-0.25, -0.2) is 0 Å². The van der Waals surface area contributed by atoms with Gasteiger partial charge in [0.05, 0.1) is 0 Å². The van der Waals surface area contributed by atoms with Gasteiger partial charge in [-0.15, -0.1) is 11.6 Å². The molecule has 0 aromatic carbocycles. The van der Waals surface area contributed by atoms with Crippen LogP contribution in [0.15, 0.2) is 0 Å². The largest absolute Gasteiger partial charge is 0.313 e. The molecule has 15 heavy (non-hydrogen) atoms. The average Bonchev–Trinajstić information content (AvgIpc) is 2.08. The van der Waals surface area contributed by atoms with E-state index in [4.69, 9.17) is 11.6 Å². The molecular weight excluding hydrogens is 208 g/mol. The number of halogens is 1. The van der Waals surface area contributed by atoms with Gasteiger partial charge >= 0.3 is 0 Å². The number of rotatable bonds is 7. The van der Waals surface area contributed by atoms with Crippen LogP contribution in [-0.2, 0) is 0 Å². The zero-order valence-electron chi connectivity index (χ0n) is 10.9. The van der Waals surface area contributed by atoms with E-state index in [-0.39, 0.29) is 0 Å². The predicted molar refractivity (Wildman–Crippen MR) is 69.8 cm³/mol. The second kappa shape index (κ2) is 7.48. The smallest absolute Gasteiger partial charge is 0.0238 e. The van der Waals surface area contributed by atoms with Crippen LogP contribution >= 0.6 is 11.6 Å². The molecule has 0 aliphatic rings. The average molecular weight is 235 g/mol. The molecule has 0 saturated heterocycles. The second-order valence-electron chi connectivity index (χ2n) is 5.51. The zero-order valence-corrected chi connectivity index (χ0v) is 11.7. The molecule has 1 atom stereocenters. The molecule has 0 fully saturated rings. The molecule has 0 heterocycles. The van der Waals surface area contributed by atoms with E-state index in [1.165, 1.54) is 6.42 Å². The highest BCUT2D eigenvalue weighted by molar-refractivity contribution is 6.17. The first kappa shape index (κ1) is 15.2. The van der Waals surface area contributed by atoms with Crippen LogP contribution in [0.2, 0.25) is 0 Å². The highest BCUT2D eigenvalue weighted by Gasteiger charge is 2.22. The van der Waals surface area contributed by atoms with E-state index in [2.05, 4.69) is 45.1 Å². The Morgan fingerprint density at radius 2 is 1.87 bits per heavy atom. The molecule has 0 saturated carbocycles. The SMILES string of the molecule is CN(C)CCCNC(CCCl)C(C)(C)C. The fraction of sp³-hybridized carbons (Fsp3) is 1.00. The van der Waals surface area contributed by atoms with Gasteiger partial charge in [-0.1, -0.05) is 20.8 Å². The molecule has 0 rings (SSSR count). The zero-order chi connectivity index (χ0) is 11.9. The lowest BCUT2D eigenvalue weighted by molar-refractivity contribution is 0.258. The maximum Gasteiger partial charge on any atom is 0.0238 e. The van der Waals surface area contributed by atoms with Gasteiger partial charge in [-0.05, 0) is 45.4 Å². The first-order chi connectivity index (χ1) is 6.88. The van der Waals surface area contributed by atoms with Crippen LogP contribution < -0.4 is 5.32 Å². The summed E-state index contributed by atoms with van der Waals surface area (Å²) in [6.07, 6.45) is 2.24. The van der Waals surface area contributed by atoms with Gasteiger partial charge in [0.25, 0.3) is 0 Å². The summed E-state index contributed by atoms with van der Waals surface area (Å²) in [5, 5.41) is 3.60. The van der Waals surface area contributed by atoms with Crippen molar-refractivity contribution in [2.75, 3.05) is 33.1 Å². The first-order valence-electron chi connectivity index (χ1n) is 5.82. The Morgan fingerprint density at radius 3 is 2.27 bits per heavy atom. The summed E-state index contributed by atoms with van der Waals surface area (Å²) in [4.78, 5) is 2.22. The van der Waals surface area contributed by atoms with Crippen molar-refractivity contribution in [1.29, 1.82) is 0 Å². The summed E-state index contributed by atoms with van der Waals surface area (Å²) in [5.74, 6) is 0.739. The second-order valence-corrected chi connectivity index (χ2v) is 5.89. The molecule has 1 N–H and O–H groups in total. The standard InChI is InChI=1S/C12H27ClN2/c1-12(2,3)11(7-8-13)14-9-6-10-15(4)5/h11,14H,6-10H2,1-5H3. The first-order valence-corrected chi connectivity index (χ1v) is 6.35. The summed E-state index contributed by atoms with van der Waals surface area (Å²) in [6.45, 7) is 9.03. The van der Waals surface area contributed by atoms with E-state index in [1.54, 1.807) is 0 Å². The van der Waals surface area contributed by atoms with Crippen LogP contribution in [0, 0.1) is 5.41 Å². The quantitative estimate of drug-likeness (QED) is 0.538. The van der Waals surface area contributed by atoms with E-state index < -0.39 is 0 Å². The van der Waals surface area contributed by atoms with Gasteiger partial charge in [-0.3, -0.25) is 0 Å². The van der Waals surface area contributed by atoms with Gasteiger partial charge in [0.1, 0.15) is 0 Å². The minimum Gasteiger partial charge on any atom is -0.313 e. The summed E-state index contributed by atoms with van der Waals surface area (Å²) in [7, 11) is 4.22. The highest BCUT2D eigenvalue weighted by Crippen LogP contribution is 2.22. The third-order valence-electron chi connectivity index (χ3n) is 2.62. The van der Waals surface area contributed by atoms with Crippen LogP contribution in [0.5, 0.6) is 0 Å². The van der Waals surface area contributed by atoms with Crippen molar-refractivity contribution in [3.8, 4) is 0 Å². The summed E-state index contributed by atoms with van der Waals surface area (Å²) in [5.41, 5.74) is 0.299. The van der Waals surface area contributed by atoms with Crippen molar-refractivity contribution < 1.29 is 0 Å². The van der Waals surface area contributed by atoms with Crippen LogP contribution in [-0.4, -0.2) is 44.0 Å². The van der Waals surface area contributed by atoms with Gasteiger partial charge in [0, 0.05) is 11.9 Å². The van der Waals surface area contributed by atoms with Crippen LogP contribution in [0.3, 0.4) is 0 Å². The van der Waals surface area contributed by atoms with Crippen molar-refractivity contribution >= 4 is 11.6 Å². The summed E-state index contributed by atoms with van der Waals surface area (Å²) >= 11 is 5.82. The molecule has 0 aliphatic carbocycles. The Morgan fingerprint density at radius 1 is 1.27 bits per heavy atom. The molecule has 1 unspecified atom stereocenters. The van der Waals surface area contributed by atoms with Crippen molar-refractivity contribution in [1.82, 2.24) is 10.2 Å². The Hall–Kier alpha value is 0.210. The Bertz CT molecular complexity index is 152. The maximum absolute atomic E-state index is 5.82. The Balaban J connectivity index is 3.77. The van der Waals surface area contributed by atoms with Crippen molar-refractivity contribution in [2.24, 2.45) is 5.41 Å². The van der Waals surface area contributed by atoms with Crippen LogP contribution in [0.4, 0.5) is 0 Å². The van der Waals surface area contributed by atoms with Gasteiger partial charge in [0.2, 0.25) is 0 Å². The Kier molecular flexibility index (Phi) is 7.58. The number of nitrogens with one attached hydrogen (secondary N) is 1. The maximum atomic E-state index is 5.82. The van der Waals surface area contributed by atoms with E-state index in [1.807, 2.05) is 0 Å². The molecule has 0 aromatic heterocycles. The topological polar surface area (TPSA) is 15.3 Å². The van der Waals surface area contributed by atoms with Crippen molar-refractivity contribution in [3.05, 3.63) is 0 Å². The minimum absolute atomic E-state index is 0.299. The fourth-order valence-corrected chi connectivity index (χ4v) is 1.84. The third kappa shape index (κ3) is 8.06. The molecule has 0 aliphatic heterocycles. The van der Waals surface area contributed by atoms with Crippen LogP contribution in [0.25, 0.3) is 0 Å². The fourth-order valence-electron chi connectivity index (χ4n) is 1.62. The Labute approximate surface area is 100 Å². The number of alkyl halides is 1. The third-order valence-corrected chi connectivity index (χ3v) is 2.83. The van der Waals surface area contributed by atoms with E-state index >= 15 is 0 Å². The molecular formula is C12H27ClN2. The number of hydrogen-bond acceptors (Lipinski definition) is 2. The lowest BCUT2D eigenvalue weighted by atomic mass is 9.85. The van der Waals surface area contributed by atoms with Gasteiger partial charge in [-0.2, -0.15) is 0 Å². The van der Waals surface area contributed by atoms with Gasteiger partial charge < -0.3 is 10.2 Å². The molecule has 92 valence electrons.